The number of rotatable bonds is 5. The Bertz CT molecular complexity index is 199. The number of nitrogens with one attached hydrogen (secondary N) is 1. The fraction of sp³-hybridized carbons (Fsp3) is 0.909. The molecule has 0 spiro atoms. The predicted molar refractivity (Wildman–Crippen MR) is 64.0 cm³/mol. The van der Waals surface area contributed by atoms with E-state index < -0.39 is 0 Å². The Kier molecular flexibility index (Phi) is 6.10. The summed E-state index contributed by atoms with van der Waals surface area (Å²) in [7, 11) is 0. The van der Waals surface area contributed by atoms with Gasteiger partial charge >= 0.3 is 0 Å². The van der Waals surface area contributed by atoms with Gasteiger partial charge in [-0.1, -0.05) is 19.8 Å². The first kappa shape index (κ1) is 12.8. The second-order valence-corrected chi connectivity index (χ2v) is 5.57. The summed E-state index contributed by atoms with van der Waals surface area (Å²) in [5.74, 6) is 1.40. The molecule has 1 fully saturated rings. The Labute approximate surface area is 96.0 Å². The van der Waals surface area contributed by atoms with E-state index in [9.17, 15) is 4.79 Å². The second-order valence-electron chi connectivity index (χ2n) is 4.28. The Morgan fingerprint density at radius 1 is 1.53 bits per heavy atom. The lowest BCUT2D eigenvalue weighted by Gasteiger charge is -2.25. The van der Waals surface area contributed by atoms with Gasteiger partial charge in [0.2, 0.25) is 5.91 Å². The summed E-state index contributed by atoms with van der Waals surface area (Å²) in [6, 6.07) is 0. The van der Waals surface area contributed by atoms with Crippen molar-refractivity contribution in [3.05, 3.63) is 0 Å². The van der Waals surface area contributed by atoms with E-state index in [2.05, 4.69) is 12.2 Å². The van der Waals surface area contributed by atoms with E-state index in [1.165, 1.54) is 25.7 Å². The van der Waals surface area contributed by atoms with Crippen molar-refractivity contribution in [1.82, 2.24) is 5.32 Å². The molecule has 0 saturated heterocycles. The molecule has 0 aromatic carbocycles. The van der Waals surface area contributed by atoms with Crippen LogP contribution in [0.4, 0.5) is 0 Å². The highest BCUT2D eigenvalue weighted by atomic mass is 32.2. The highest BCUT2D eigenvalue weighted by Gasteiger charge is 2.19. The number of aliphatic hydroxyl groups is 1. The van der Waals surface area contributed by atoms with Crippen LogP contribution >= 0.6 is 11.8 Å². The number of aliphatic hydroxyl groups excluding tert-OH is 1. The van der Waals surface area contributed by atoms with Crippen LogP contribution in [0.25, 0.3) is 0 Å². The zero-order valence-corrected chi connectivity index (χ0v) is 10.2. The van der Waals surface area contributed by atoms with Crippen molar-refractivity contribution in [1.29, 1.82) is 0 Å². The van der Waals surface area contributed by atoms with Gasteiger partial charge in [0.05, 0.1) is 12.4 Å². The van der Waals surface area contributed by atoms with Crippen molar-refractivity contribution in [3.63, 3.8) is 0 Å². The van der Waals surface area contributed by atoms with Gasteiger partial charge in [0.1, 0.15) is 0 Å². The van der Waals surface area contributed by atoms with Gasteiger partial charge in [0.25, 0.3) is 0 Å². The Balaban J connectivity index is 2.10. The molecule has 0 heterocycles. The van der Waals surface area contributed by atoms with Crippen LogP contribution in [-0.2, 0) is 4.79 Å². The minimum absolute atomic E-state index is 0.0247. The molecule has 0 aliphatic heterocycles. The molecule has 1 amide bonds. The lowest BCUT2D eigenvalue weighted by molar-refractivity contribution is -0.118. The van der Waals surface area contributed by atoms with Crippen LogP contribution in [0.1, 0.15) is 32.6 Å². The fourth-order valence-electron chi connectivity index (χ4n) is 1.97. The molecule has 4 heteroatoms. The minimum Gasteiger partial charge on any atom is -0.395 e. The normalized spacial score (nSPS) is 26.3. The van der Waals surface area contributed by atoms with Gasteiger partial charge in [-0.3, -0.25) is 4.79 Å². The van der Waals surface area contributed by atoms with Gasteiger partial charge in [-0.05, 0) is 18.8 Å². The van der Waals surface area contributed by atoms with Gasteiger partial charge in [-0.15, -0.1) is 11.8 Å². The molecule has 2 unspecified atom stereocenters. The third-order valence-electron chi connectivity index (χ3n) is 2.77. The molecule has 15 heavy (non-hydrogen) atoms. The van der Waals surface area contributed by atoms with Gasteiger partial charge in [0.15, 0.2) is 0 Å². The summed E-state index contributed by atoms with van der Waals surface area (Å²) >= 11 is 1.77. The van der Waals surface area contributed by atoms with Crippen LogP contribution in [0, 0.1) is 5.92 Å². The number of carbonyl (C=O) groups excluding carboxylic acids is 1. The van der Waals surface area contributed by atoms with Gasteiger partial charge in [-0.25, -0.2) is 0 Å². The highest BCUT2D eigenvalue weighted by molar-refractivity contribution is 8.00. The summed E-state index contributed by atoms with van der Waals surface area (Å²) in [5.41, 5.74) is 0. The number of carbonyl (C=O) groups is 1. The molecule has 1 saturated carbocycles. The van der Waals surface area contributed by atoms with Crippen LogP contribution in [0.5, 0.6) is 0 Å². The van der Waals surface area contributed by atoms with E-state index in [4.69, 9.17) is 5.11 Å². The minimum atomic E-state index is 0.0247. The number of thioether (sulfide) groups is 1. The van der Waals surface area contributed by atoms with E-state index in [0.29, 0.717) is 17.5 Å². The maximum atomic E-state index is 11.3. The lowest BCUT2D eigenvalue weighted by Crippen LogP contribution is -2.29. The third kappa shape index (κ3) is 5.42. The van der Waals surface area contributed by atoms with Gasteiger partial charge < -0.3 is 10.4 Å². The average molecular weight is 231 g/mol. The smallest absolute Gasteiger partial charge is 0.230 e. The molecule has 1 aliphatic rings. The number of hydrogen-bond acceptors (Lipinski definition) is 3. The van der Waals surface area contributed by atoms with Crippen molar-refractivity contribution >= 4 is 17.7 Å². The molecule has 3 nitrogen and oxygen atoms in total. The lowest BCUT2D eigenvalue weighted by atomic mass is 9.91. The van der Waals surface area contributed by atoms with Crippen LogP contribution in [-0.4, -0.2) is 35.2 Å². The highest BCUT2D eigenvalue weighted by Crippen LogP contribution is 2.31. The number of hydrogen-bond donors (Lipinski definition) is 2. The van der Waals surface area contributed by atoms with E-state index in [-0.39, 0.29) is 12.5 Å². The molecule has 88 valence electrons. The predicted octanol–water partition coefficient (Wildman–Crippen LogP) is 1.41. The van der Waals surface area contributed by atoms with Crippen molar-refractivity contribution < 1.29 is 9.90 Å². The molecule has 2 atom stereocenters. The van der Waals surface area contributed by atoms with E-state index in [1.54, 1.807) is 11.8 Å². The quantitative estimate of drug-likeness (QED) is 0.752. The zero-order valence-electron chi connectivity index (χ0n) is 9.37. The molecular weight excluding hydrogens is 210 g/mol. The molecular formula is C11H21NO2S. The Morgan fingerprint density at radius 2 is 2.33 bits per heavy atom. The Hall–Kier alpha value is -0.220. The van der Waals surface area contributed by atoms with Gasteiger partial charge in [0, 0.05) is 11.8 Å². The van der Waals surface area contributed by atoms with Crippen LogP contribution in [0.3, 0.4) is 0 Å². The van der Waals surface area contributed by atoms with Crippen molar-refractivity contribution in [2.24, 2.45) is 5.92 Å². The summed E-state index contributed by atoms with van der Waals surface area (Å²) in [6.45, 7) is 2.69. The molecule has 0 radical (unpaired) electrons. The zero-order chi connectivity index (χ0) is 11.1. The first-order valence-corrected chi connectivity index (χ1v) is 6.76. The molecule has 0 aromatic rings. The summed E-state index contributed by atoms with van der Waals surface area (Å²) in [6.07, 6.45) is 5.14. The Morgan fingerprint density at radius 3 is 3.00 bits per heavy atom. The first-order valence-electron chi connectivity index (χ1n) is 5.71. The van der Waals surface area contributed by atoms with Crippen LogP contribution in [0.15, 0.2) is 0 Å². The molecule has 1 rings (SSSR count). The molecule has 2 N–H and O–H groups in total. The van der Waals surface area contributed by atoms with Crippen molar-refractivity contribution in [3.8, 4) is 0 Å². The topological polar surface area (TPSA) is 49.3 Å². The molecule has 0 aromatic heterocycles. The molecule has 0 bridgehead atoms. The monoisotopic (exact) mass is 231 g/mol. The maximum absolute atomic E-state index is 11.3. The summed E-state index contributed by atoms with van der Waals surface area (Å²) in [5, 5.41) is 11.9. The average Bonchev–Trinajstić information content (AvgIpc) is 2.23. The van der Waals surface area contributed by atoms with Crippen molar-refractivity contribution in [2.75, 3.05) is 18.9 Å². The summed E-state index contributed by atoms with van der Waals surface area (Å²) in [4.78, 5) is 11.3. The maximum Gasteiger partial charge on any atom is 0.230 e. The number of amides is 1. The van der Waals surface area contributed by atoms with E-state index in [1.807, 2.05) is 0 Å². The largest absolute Gasteiger partial charge is 0.395 e. The first-order chi connectivity index (χ1) is 7.22. The third-order valence-corrected chi connectivity index (χ3v) is 4.10. The fourth-order valence-corrected chi connectivity index (χ4v) is 3.26. The standard InChI is InChI=1S/C11H21NO2S/c1-9-3-2-4-10(7-9)15-8-11(14)12-5-6-13/h9-10,13H,2-8H2,1H3,(H,12,14). The summed E-state index contributed by atoms with van der Waals surface area (Å²) < 4.78 is 0. The van der Waals surface area contributed by atoms with E-state index >= 15 is 0 Å². The van der Waals surface area contributed by atoms with E-state index in [0.717, 1.165) is 5.92 Å². The van der Waals surface area contributed by atoms with Crippen LogP contribution < -0.4 is 5.32 Å². The SMILES string of the molecule is CC1CCCC(SCC(=O)NCCO)C1. The van der Waals surface area contributed by atoms with Crippen LogP contribution in [0.2, 0.25) is 0 Å². The van der Waals surface area contributed by atoms with Crippen molar-refractivity contribution in [2.45, 2.75) is 37.9 Å². The molecule has 1 aliphatic carbocycles. The van der Waals surface area contributed by atoms with Gasteiger partial charge in [-0.2, -0.15) is 0 Å². The second kappa shape index (κ2) is 7.12.